The van der Waals surface area contributed by atoms with Gasteiger partial charge in [-0.2, -0.15) is 0 Å². The van der Waals surface area contributed by atoms with E-state index >= 15 is 0 Å². The van der Waals surface area contributed by atoms with Gasteiger partial charge in [0.15, 0.2) is 0 Å². The fourth-order valence-electron chi connectivity index (χ4n) is 4.89. The highest BCUT2D eigenvalue weighted by Gasteiger charge is 2.25. The monoisotopic (exact) mass is 421 g/mol. The molecule has 1 atom stereocenters. The number of nitrogens with one attached hydrogen (secondary N) is 3. The molecule has 0 radical (unpaired) electrons. The second kappa shape index (κ2) is 8.80. The average Bonchev–Trinajstić information content (AvgIpc) is 3.23. The van der Waals surface area contributed by atoms with Crippen molar-refractivity contribution in [3.05, 3.63) is 42.0 Å². The number of aromatic amines is 1. The molecule has 0 bridgehead atoms. The number of H-pyrrole nitrogens is 1. The molecule has 0 unspecified atom stereocenters. The van der Waals surface area contributed by atoms with Crippen molar-refractivity contribution in [2.24, 2.45) is 0 Å². The van der Waals surface area contributed by atoms with Gasteiger partial charge in [0.25, 0.3) is 0 Å². The molecule has 164 valence electrons. The van der Waals surface area contributed by atoms with Crippen LogP contribution in [0.25, 0.3) is 11.0 Å². The molecule has 5 rings (SSSR count). The topological polar surface area (TPSA) is 102 Å². The highest BCUT2D eigenvalue weighted by Crippen LogP contribution is 2.38. The minimum atomic E-state index is -0.160. The largest absolute Gasteiger partial charge is 0.393 e. The van der Waals surface area contributed by atoms with E-state index in [4.69, 9.17) is 4.98 Å². The molecular formula is C23H31N7O. The maximum Gasteiger partial charge on any atom is 0.143 e. The second-order valence-electron chi connectivity index (χ2n) is 8.84. The number of piperazine rings is 1. The standard InChI is InChI=1S/C23H31N7O/c1-15-13-30(10-9-24-15)20-4-2-3-17(29-20)11-25-22-21-19(12-26-23(21)28-14-27-22)16-5-7-18(31)8-6-16/h2-4,12,14-16,18,24,31H,5-11,13H2,1H3,(H2,25,26,27,28)/t15-,16?,18?/m1/s1. The second-order valence-corrected chi connectivity index (χ2v) is 8.84. The molecule has 0 aromatic carbocycles. The van der Waals surface area contributed by atoms with Crippen LogP contribution < -0.4 is 15.5 Å². The molecule has 3 aromatic rings. The molecule has 2 fully saturated rings. The Bertz CT molecular complexity index is 1030. The van der Waals surface area contributed by atoms with Crippen molar-refractivity contribution < 1.29 is 5.11 Å². The zero-order valence-electron chi connectivity index (χ0n) is 18.0. The summed E-state index contributed by atoms with van der Waals surface area (Å²) in [5.41, 5.74) is 3.10. The van der Waals surface area contributed by atoms with Crippen LogP contribution in [-0.4, -0.2) is 56.8 Å². The number of fused-ring (bicyclic) bond motifs is 1. The smallest absolute Gasteiger partial charge is 0.143 e. The van der Waals surface area contributed by atoms with Crippen LogP contribution in [0.5, 0.6) is 0 Å². The van der Waals surface area contributed by atoms with Crippen molar-refractivity contribution >= 4 is 22.7 Å². The van der Waals surface area contributed by atoms with Gasteiger partial charge in [-0.15, -0.1) is 0 Å². The molecular weight excluding hydrogens is 390 g/mol. The highest BCUT2D eigenvalue weighted by atomic mass is 16.3. The Kier molecular flexibility index (Phi) is 5.74. The van der Waals surface area contributed by atoms with E-state index in [0.717, 1.165) is 73.7 Å². The lowest BCUT2D eigenvalue weighted by molar-refractivity contribution is 0.123. The fourth-order valence-corrected chi connectivity index (χ4v) is 4.89. The molecule has 2 aliphatic rings. The molecule has 1 saturated carbocycles. The molecule has 1 aliphatic heterocycles. The fraction of sp³-hybridized carbons (Fsp3) is 0.522. The van der Waals surface area contributed by atoms with Gasteiger partial charge in [0.2, 0.25) is 0 Å². The first-order chi connectivity index (χ1) is 15.2. The normalized spacial score (nSPS) is 24.5. The lowest BCUT2D eigenvalue weighted by atomic mass is 9.83. The van der Waals surface area contributed by atoms with E-state index in [-0.39, 0.29) is 6.10 Å². The quantitative estimate of drug-likeness (QED) is 0.502. The summed E-state index contributed by atoms with van der Waals surface area (Å²) >= 11 is 0. The van der Waals surface area contributed by atoms with Crippen LogP contribution in [0.3, 0.4) is 0 Å². The van der Waals surface area contributed by atoms with Crippen LogP contribution in [0, 0.1) is 0 Å². The number of nitrogens with zero attached hydrogens (tertiary/aromatic N) is 4. The van der Waals surface area contributed by atoms with E-state index in [1.807, 2.05) is 0 Å². The molecule has 1 saturated heterocycles. The Morgan fingerprint density at radius 2 is 2.06 bits per heavy atom. The summed E-state index contributed by atoms with van der Waals surface area (Å²) in [6, 6.07) is 6.70. The molecule has 1 aliphatic carbocycles. The van der Waals surface area contributed by atoms with Gasteiger partial charge in [0, 0.05) is 31.9 Å². The number of aliphatic hydroxyl groups is 1. The molecule has 4 heterocycles. The number of pyridine rings is 1. The summed E-state index contributed by atoms with van der Waals surface area (Å²) in [5, 5.41) is 17.9. The third-order valence-corrected chi connectivity index (χ3v) is 6.56. The zero-order chi connectivity index (χ0) is 21.2. The first-order valence-electron chi connectivity index (χ1n) is 11.4. The summed E-state index contributed by atoms with van der Waals surface area (Å²) in [5.74, 6) is 2.30. The maximum absolute atomic E-state index is 9.87. The van der Waals surface area contributed by atoms with Crippen LogP contribution >= 0.6 is 0 Å². The van der Waals surface area contributed by atoms with Crippen LogP contribution in [-0.2, 0) is 6.54 Å². The summed E-state index contributed by atoms with van der Waals surface area (Å²) in [6.07, 6.45) is 7.21. The van der Waals surface area contributed by atoms with Crippen molar-refractivity contribution in [1.29, 1.82) is 0 Å². The Morgan fingerprint density at radius 1 is 1.19 bits per heavy atom. The van der Waals surface area contributed by atoms with Crippen molar-refractivity contribution in [2.45, 2.75) is 57.2 Å². The molecule has 8 heteroatoms. The summed E-state index contributed by atoms with van der Waals surface area (Å²) in [4.78, 5) is 19.5. The van der Waals surface area contributed by atoms with Gasteiger partial charge >= 0.3 is 0 Å². The Labute approximate surface area is 182 Å². The van der Waals surface area contributed by atoms with E-state index in [9.17, 15) is 5.11 Å². The van der Waals surface area contributed by atoms with E-state index in [0.29, 0.717) is 18.5 Å². The molecule has 0 spiro atoms. The Balaban J connectivity index is 1.34. The number of anilines is 2. The van der Waals surface area contributed by atoms with Gasteiger partial charge < -0.3 is 25.6 Å². The van der Waals surface area contributed by atoms with Crippen LogP contribution in [0.4, 0.5) is 11.6 Å². The Hall–Kier alpha value is -2.71. The molecule has 8 nitrogen and oxygen atoms in total. The Morgan fingerprint density at radius 3 is 2.90 bits per heavy atom. The van der Waals surface area contributed by atoms with Crippen molar-refractivity contribution in [2.75, 3.05) is 29.9 Å². The van der Waals surface area contributed by atoms with Gasteiger partial charge in [0.05, 0.1) is 23.7 Å². The predicted octanol–water partition coefficient (Wildman–Crippen LogP) is 2.78. The van der Waals surface area contributed by atoms with E-state index in [2.05, 4.69) is 61.8 Å². The zero-order valence-corrected chi connectivity index (χ0v) is 18.0. The van der Waals surface area contributed by atoms with Crippen molar-refractivity contribution in [3.63, 3.8) is 0 Å². The number of aromatic nitrogens is 4. The summed E-state index contributed by atoms with van der Waals surface area (Å²) in [7, 11) is 0. The minimum absolute atomic E-state index is 0.160. The van der Waals surface area contributed by atoms with E-state index in [1.165, 1.54) is 5.56 Å². The summed E-state index contributed by atoms with van der Waals surface area (Å²) < 4.78 is 0. The molecule has 4 N–H and O–H groups in total. The van der Waals surface area contributed by atoms with E-state index < -0.39 is 0 Å². The lowest BCUT2D eigenvalue weighted by Crippen LogP contribution is -2.49. The average molecular weight is 422 g/mol. The third kappa shape index (κ3) is 4.36. The van der Waals surface area contributed by atoms with Crippen LogP contribution in [0.15, 0.2) is 30.7 Å². The van der Waals surface area contributed by atoms with Gasteiger partial charge in [0.1, 0.15) is 23.6 Å². The molecule has 31 heavy (non-hydrogen) atoms. The SMILES string of the molecule is C[C@@H]1CN(c2cccc(CNc3ncnc4[nH]cc(C5CCC(O)CC5)c34)n2)CCN1. The van der Waals surface area contributed by atoms with Crippen molar-refractivity contribution in [3.8, 4) is 0 Å². The lowest BCUT2D eigenvalue weighted by Gasteiger charge is -2.32. The number of aliphatic hydroxyl groups excluding tert-OH is 1. The van der Waals surface area contributed by atoms with Crippen LogP contribution in [0.1, 0.15) is 49.8 Å². The third-order valence-electron chi connectivity index (χ3n) is 6.56. The van der Waals surface area contributed by atoms with Crippen molar-refractivity contribution in [1.82, 2.24) is 25.3 Å². The van der Waals surface area contributed by atoms with Gasteiger partial charge in [-0.1, -0.05) is 6.07 Å². The first-order valence-corrected chi connectivity index (χ1v) is 11.4. The van der Waals surface area contributed by atoms with Gasteiger partial charge in [-0.05, 0) is 56.2 Å². The minimum Gasteiger partial charge on any atom is -0.393 e. The van der Waals surface area contributed by atoms with Crippen LogP contribution in [0.2, 0.25) is 0 Å². The van der Waals surface area contributed by atoms with E-state index in [1.54, 1.807) is 6.33 Å². The maximum atomic E-state index is 9.87. The number of hydrogen-bond acceptors (Lipinski definition) is 7. The van der Waals surface area contributed by atoms with Gasteiger partial charge in [-0.25, -0.2) is 15.0 Å². The molecule has 3 aromatic heterocycles. The number of rotatable bonds is 5. The first kappa shape index (κ1) is 20.2. The molecule has 0 amide bonds. The summed E-state index contributed by atoms with van der Waals surface area (Å²) in [6.45, 7) is 5.75. The highest BCUT2D eigenvalue weighted by molar-refractivity contribution is 5.90. The predicted molar refractivity (Wildman–Crippen MR) is 122 cm³/mol. The van der Waals surface area contributed by atoms with Gasteiger partial charge in [-0.3, -0.25) is 0 Å². The number of hydrogen-bond donors (Lipinski definition) is 4.